The van der Waals surface area contributed by atoms with Gasteiger partial charge < -0.3 is 20.2 Å². The molecule has 2 rings (SSSR count). The number of hydrogen-bond donors (Lipinski definition) is 2. The van der Waals surface area contributed by atoms with Crippen LogP contribution in [0.3, 0.4) is 0 Å². The lowest BCUT2D eigenvalue weighted by atomic mass is 10.1. The molecule has 2 N–H and O–H groups in total. The highest BCUT2D eigenvalue weighted by Crippen LogP contribution is 2.33. The topological polar surface area (TPSA) is 54.3 Å². The Labute approximate surface area is 115 Å². The first kappa shape index (κ1) is 13.4. The van der Waals surface area contributed by atoms with Crippen molar-refractivity contribution in [3.8, 4) is 5.75 Å². The number of halogens is 1. The first-order chi connectivity index (χ1) is 8.76. The lowest BCUT2D eigenvalue weighted by Crippen LogP contribution is -2.27. The van der Waals surface area contributed by atoms with E-state index >= 15 is 0 Å². The minimum Gasteiger partial charge on any atom is -0.495 e. The predicted octanol–water partition coefficient (Wildman–Crippen LogP) is 3.39. The average molecular weight is 313 g/mol. The van der Waals surface area contributed by atoms with Crippen molar-refractivity contribution in [2.45, 2.75) is 25.5 Å². The molecule has 0 spiro atoms. The Bertz CT molecular complexity index is 431. The van der Waals surface area contributed by atoms with Crippen LogP contribution in [0.1, 0.15) is 24.8 Å². The molecule has 1 fully saturated rings. The van der Waals surface area contributed by atoms with E-state index in [1.54, 1.807) is 7.11 Å². The second-order valence-corrected chi connectivity index (χ2v) is 5.04. The molecule has 1 aromatic rings. The van der Waals surface area contributed by atoms with Gasteiger partial charge in [-0.1, -0.05) is 0 Å². The number of rotatable bonds is 4. The van der Waals surface area contributed by atoms with Crippen LogP contribution in [-0.4, -0.2) is 26.2 Å². The van der Waals surface area contributed by atoms with Crippen molar-refractivity contribution in [3.63, 3.8) is 0 Å². The summed E-state index contributed by atoms with van der Waals surface area (Å²) in [5.41, 5.74) is 1.61. The quantitative estimate of drug-likeness (QED) is 0.838. The van der Waals surface area contributed by atoms with Crippen LogP contribution < -0.4 is 10.1 Å². The van der Waals surface area contributed by atoms with Crippen LogP contribution in [0.5, 0.6) is 5.75 Å². The van der Waals surface area contributed by atoms with Gasteiger partial charge in [-0.25, -0.2) is 0 Å². The van der Waals surface area contributed by atoms with Crippen molar-refractivity contribution in [3.05, 3.63) is 22.2 Å². The summed E-state index contributed by atoms with van der Waals surface area (Å²) in [5.74, 6) is 0.672. The Morgan fingerprint density at radius 3 is 2.94 bits per heavy atom. The van der Waals surface area contributed by atoms with Gasteiger partial charge in [0.2, 0.25) is 0 Å². The molecule has 0 aromatic heterocycles. The van der Waals surface area contributed by atoms with Crippen molar-refractivity contribution < 1.29 is 9.47 Å². The summed E-state index contributed by atoms with van der Waals surface area (Å²) in [6, 6.07) is 3.85. The molecular formula is C13H17BrN2O2. The zero-order valence-corrected chi connectivity index (χ0v) is 11.9. The summed E-state index contributed by atoms with van der Waals surface area (Å²) in [5, 5.41) is 10.9. The van der Waals surface area contributed by atoms with Crippen LogP contribution in [0.15, 0.2) is 16.6 Å². The van der Waals surface area contributed by atoms with Crippen molar-refractivity contribution in [2.24, 2.45) is 0 Å². The largest absolute Gasteiger partial charge is 0.495 e. The number of nitrogens with one attached hydrogen (secondary N) is 2. The summed E-state index contributed by atoms with van der Waals surface area (Å²) in [6.45, 7) is 0.797. The minimum absolute atomic E-state index is 0.0309. The minimum atomic E-state index is 0.0309. The van der Waals surface area contributed by atoms with E-state index in [1.165, 1.54) is 12.6 Å². The van der Waals surface area contributed by atoms with E-state index < -0.39 is 0 Å². The molecule has 0 saturated carbocycles. The molecule has 0 aliphatic carbocycles. The van der Waals surface area contributed by atoms with E-state index in [4.69, 9.17) is 14.9 Å². The monoisotopic (exact) mass is 312 g/mol. The van der Waals surface area contributed by atoms with Crippen LogP contribution in [0, 0.1) is 5.41 Å². The Kier molecular flexibility index (Phi) is 4.60. The summed E-state index contributed by atoms with van der Waals surface area (Å²) in [7, 11) is 1.61. The third-order valence-corrected chi connectivity index (χ3v) is 3.62. The van der Waals surface area contributed by atoms with Crippen LogP contribution >= 0.6 is 15.9 Å². The Morgan fingerprint density at radius 1 is 1.50 bits per heavy atom. The van der Waals surface area contributed by atoms with E-state index in [0.29, 0.717) is 5.75 Å². The number of anilines is 1. The highest BCUT2D eigenvalue weighted by molar-refractivity contribution is 9.10. The maximum atomic E-state index is 7.54. The number of methoxy groups -OCH3 is 1. The molecule has 18 heavy (non-hydrogen) atoms. The second-order valence-electron chi connectivity index (χ2n) is 4.19. The molecule has 1 unspecified atom stereocenters. The molecular weight excluding hydrogens is 296 g/mol. The van der Waals surface area contributed by atoms with Gasteiger partial charge in [0, 0.05) is 18.5 Å². The van der Waals surface area contributed by atoms with Crippen LogP contribution in [0.2, 0.25) is 0 Å². The van der Waals surface area contributed by atoms with Gasteiger partial charge in [0.05, 0.1) is 17.1 Å². The molecule has 0 amide bonds. The molecule has 1 aliphatic heterocycles. The molecule has 98 valence electrons. The van der Waals surface area contributed by atoms with Crippen LogP contribution in [0.4, 0.5) is 5.69 Å². The van der Waals surface area contributed by atoms with Crippen molar-refractivity contribution in [1.82, 2.24) is 0 Å². The zero-order valence-electron chi connectivity index (χ0n) is 10.3. The van der Waals surface area contributed by atoms with Gasteiger partial charge in [-0.3, -0.25) is 0 Å². The predicted molar refractivity (Wildman–Crippen MR) is 75.8 cm³/mol. The van der Waals surface area contributed by atoms with Gasteiger partial charge in [0.1, 0.15) is 12.0 Å². The molecule has 1 saturated heterocycles. The van der Waals surface area contributed by atoms with Crippen molar-refractivity contribution >= 4 is 27.8 Å². The highest BCUT2D eigenvalue weighted by Gasteiger charge is 2.17. The van der Waals surface area contributed by atoms with E-state index in [1.807, 2.05) is 12.1 Å². The van der Waals surface area contributed by atoms with Gasteiger partial charge in [-0.05, 0) is 47.3 Å². The fraction of sp³-hybridized carbons (Fsp3) is 0.462. The number of benzene rings is 1. The van der Waals surface area contributed by atoms with Crippen LogP contribution in [0.25, 0.3) is 0 Å². The van der Waals surface area contributed by atoms with Gasteiger partial charge in [0.15, 0.2) is 0 Å². The molecule has 5 heteroatoms. The lowest BCUT2D eigenvalue weighted by Gasteiger charge is -2.25. The summed E-state index contributed by atoms with van der Waals surface area (Å²) >= 11 is 3.42. The van der Waals surface area contributed by atoms with E-state index in [-0.39, 0.29) is 6.23 Å². The van der Waals surface area contributed by atoms with Gasteiger partial charge in [0.25, 0.3) is 0 Å². The third kappa shape index (κ3) is 2.84. The van der Waals surface area contributed by atoms with Gasteiger partial charge in [-0.15, -0.1) is 0 Å². The third-order valence-electron chi connectivity index (χ3n) is 2.99. The molecule has 4 nitrogen and oxygen atoms in total. The second kappa shape index (κ2) is 6.20. The van der Waals surface area contributed by atoms with E-state index in [0.717, 1.165) is 35.2 Å². The fourth-order valence-corrected chi connectivity index (χ4v) is 2.59. The highest BCUT2D eigenvalue weighted by atomic mass is 79.9. The number of ether oxygens (including phenoxy) is 2. The molecule has 1 aliphatic rings. The van der Waals surface area contributed by atoms with Crippen molar-refractivity contribution in [1.29, 1.82) is 5.41 Å². The first-order valence-corrected chi connectivity index (χ1v) is 6.80. The fourth-order valence-electron chi connectivity index (χ4n) is 2.08. The average Bonchev–Trinajstić information content (AvgIpc) is 2.41. The molecule has 1 aromatic carbocycles. The van der Waals surface area contributed by atoms with E-state index in [2.05, 4.69) is 21.2 Å². The smallest absolute Gasteiger partial charge is 0.143 e. The molecule has 0 radical (unpaired) electrons. The Balaban J connectivity index is 2.23. The van der Waals surface area contributed by atoms with Crippen molar-refractivity contribution in [2.75, 3.05) is 19.0 Å². The molecule has 1 atom stereocenters. The van der Waals surface area contributed by atoms with Gasteiger partial charge in [-0.2, -0.15) is 0 Å². The Morgan fingerprint density at radius 2 is 2.33 bits per heavy atom. The zero-order chi connectivity index (χ0) is 13.0. The standard InChI is InChI=1S/C13H17BrN2O2/c1-17-13-9(8-15)11(6-5-10(13)14)16-12-4-2-3-7-18-12/h5-6,8,12,15-16H,2-4,7H2,1H3. The normalized spacial score (nSPS) is 19.3. The molecule has 1 heterocycles. The maximum absolute atomic E-state index is 7.54. The summed E-state index contributed by atoms with van der Waals surface area (Å²) in [4.78, 5) is 0. The summed E-state index contributed by atoms with van der Waals surface area (Å²) in [6.07, 6.45) is 4.62. The lowest BCUT2D eigenvalue weighted by molar-refractivity contribution is 0.0343. The maximum Gasteiger partial charge on any atom is 0.143 e. The Hall–Kier alpha value is -1.07. The van der Waals surface area contributed by atoms with E-state index in [9.17, 15) is 0 Å². The summed E-state index contributed by atoms with van der Waals surface area (Å²) < 4.78 is 11.8. The van der Waals surface area contributed by atoms with Gasteiger partial charge >= 0.3 is 0 Å². The number of hydrogen-bond acceptors (Lipinski definition) is 4. The van der Waals surface area contributed by atoms with Crippen LogP contribution in [-0.2, 0) is 4.74 Å². The SMILES string of the molecule is COc1c(Br)ccc(NC2CCCCO2)c1C=N. The first-order valence-electron chi connectivity index (χ1n) is 6.01. The molecule has 0 bridgehead atoms.